The van der Waals surface area contributed by atoms with Gasteiger partial charge in [0.25, 0.3) is 0 Å². The van der Waals surface area contributed by atoms with E-state index in [-0.39, 0.29) is 0 Å². The Labute approximate surface area is 369 Å². The molecule has 5 aliphatic rings. The lowest BCUT2D eigenvalue weighted by molar-refractivity contribution is -0.367. The second-order valence-corrected chi connectivity index (χ2v) is 16.2. The predicted molar refractivity (Wildman–Crippen MR) is 201 cm³/mol. The zero-order chi connectivity index (χ0) is 48.2. The van der Waals surface area contributed by atoms with Gasteiger partial charge < -0.3 is 130 Å². The third-order valence-electron chi connectivity index (χ3n) is 11.5. The lowest BCUT2D eigenvalue weighted by Gasteiger charge is -2.49. The summed E-state index contributed by atoms with van der Waals surface area (Å²) in [5.41, 5.74) is 0. The summed E-state index contributed by atoms with van der Waals surface area (Å²) in [6.07, 6.45) is -39.1. The zero-order valence-corrected chi connectivity index (χ0v) is 35.1. The SMILES string of the molecule is CC(=O)N[C@@H]1[C@@H](O[C@@H]2O[C@H](CO)[C@H](O[C@@H]3O[C@H](CO)[C@@H](O)[C@H](O)[C@H]3NC(C)=O)[C@H](O)[C@H]2O)[C@@H](O)[C@@H](CO[C@@H]2O[C@H](CO)[C@@H](O[C@@H]3O[C@H](CO)[C@H](O)[C@H](O)[C@H]3O)[C@H](O)[C@H]2NC(C)=O)O[C@@H]1O. The Morgan fingerprint density at radius 2 is 0.800 bits per heavy atom. The molecule has 25 atom stereocenters. The average Bonchev–Trinajstić information content (AvgIpc) is 3.26. The summed E-state index contributed by atoms with van der Waals surface area (Å²) in [6, 6.07) is -4.70. The van der Waals surface area contributed by atoms with Crippen LogP contribution in [0.2, 0.25) is 0 Å². The summed E-state index contributed by atoms with van der Waals surface area (Å²) in [5.74, 6) is -2.22. The molecule has 29 nitrogen and oxygen atoms in total. The molecule has 0 bridgehead atoms. The molecule has 5 heterocycles. The summed E-state index contributed by atoms with van der Waals surface area (Å²) >= 11 is 0. The first kappa shape index (κ1) is 53.4. The lowest BCUT2D eigenvalue weighted by atomic mass is 9.94. The minimum Gasteiger partial charge on any atom is -0.394 e. The van der Waals surface area contributed by atoms with Crippen LogP contribution in [-0.4, -0.2) is 276 Å². The number of nitrogens with one attached hydrogen (secondary N) is 3. The summed E-state index contributed by atoms with van der Waals surface area (Å²) in [4.78, 5) is 36.4. The van der Waals surface area contributed by atoms with Crippen molar-refractivity contribution < 1.29 is 129 Å². The Morgan fingerprint density at radius 1 is 0.400 bits per heavy atom. The second kappa shape index (κ2) is 23.2. The maximum absolute atomic E-state index is 12.3. The molecular weight excluding hydrogens is 890 g/mol. The largest absolute Gasteiger partial charge is 0.394 e. The number of carbonyl (C=O) groups is 3. The van der Waals surface area contributed by atoms with Crippen LogP contribution in [0.1, 0.15) is 20.8 Å². The van der Waals surface area contributed by atoms with Crippen LogP contribution in [0.5, 0.6) is 0 Å². The number of ether oxygens (including phenoxy) is 9. The van der Waals surface area contributed by atoms with Gasteiger partial charge in [0.05, 0.1) is 33.0 Å². The van der Waals surface area contributed by atoms with E-state index in [9.17, 15) is 85.9 Å². The van der Waals surface area contributed by atoms with Crippen LogP contribution in [0, 0.1) is 0 Å². The molecule has 0 spiro atoms. The monoisotopic (exact) mass is 951 g/mol. The minimum atomic E-state index is -2.13. The number of rotatable bonds is 16. The number of amides is 3. The predicted octanol–water partition coefficient (Wildman–Crippen LogP) is -11.5. The van der Waals surface area contributed by atoms with Gasteiger partial charge in [0.15, 0.2) is 31.5 Å². The quantitative estimate of drug-likeness (QED) is 0.0683. The van der Waals surface area contributed by atoms with E-state index in [1.54, 1.807) is 0 Å². The highest BCUT2D eigenvalue weighted by molar-refractivity contribution is 5.74. The maximum Gasteiger partial charge on any atom is 0.217 e. The molecule has 0 aromatic heterocycles. The van der Waals surface area contributed by atoms with Gasteiger partial charge in [-0.15, -0.1) is 0 Å². The summed E-state index contributed by atoms with van der Waals surface area (Å²) in [7, 11) is 0. The van der Waals surface area contributed by atoms with Gasteiger partial charge in [-0.1, -0.05) is 0 Å². The first-order valence-electron chi connectivity index (χ1n) is 20.6. The minimum absolute atomic E-state index is 0.706. The van der Waals surface area contributed by atoms with Crippen LogP contribution >= 0.6 is 0 Å². The Morgan fingerprint density at radius 3 is 1.32 bits per heavy atom. The zero-order valence-electron chi connectivity index (χ0n) is 35.1. The molecule has 3 amide bonds. The molecule has 0 unspecified atom stereocenters. The highest BCUT2D eigenvalue weighted by Crippen LogP contribution is 2.34. The van der Waals surface area contributed by atoms with E-state index in [1.807, 2.05) is 0 Å². The van der Waals surface area contributed by atoms with E-state index in [2.05, 4.69) is 16.0 Å². The van der Waals surface area contributed by atoms with Crippen LogP contribution in [0.25, 0.3) is 0 Å². The smallest absolute Gasteiger partial charge is 0.217 e. The molecule has 0 aromatic rings. The van der Waals surface area contributed by atoms with E-state index < -0.39 is 204 Å². The average molecular weight is 952 g/mol. The molecular formula is C36H61N3O26. The highest BCUT2D eigenvalue weighted by atomic mass is 16.8. The Kier molecular flexibility index (Phi) is 19.1. The van der Waals surface area contributed by atoms with Crippen LogP contribution in [0.4, 0.5) is 0 Å². The van der Waals surface area contributed by atoms with Crippen LogP contribution in [0.3, 0.4) is 0 Å². The molecule has 5 saturated heterocycles. The van der Waals surface area contributed by atoms with Gasteiger partial charge in [-0.25, -0.2) is 0 Å². The van der Waals surface area contributed by atoms with E-state index in [4.69, 9.17) is 42.6 Å². The number of aliphatic hydroxyl groups excluding tert-OH is 14. The first-order chi connectivity index (χ1) is 30.7. The van der Waals surface area contributed by atoms with Crippen molar-refractivity contribution in [2.45, 2.75) is 174 Å². The highest BCUT2D eigenvalue weighted by Gasteiger charge is 2.56. The fourth-order valence-corrected chi connectivity index (χ4v) is 8.14. The molecule has 0 aliphatic carbocycles. The summed E-state index contributed by atoms with van der Waals surface area (Å²) < 4.78 is 51.1. The van der Waals surface area contributed by atoms with Crippen molar-refractivity contribution in [1.82, 2.24) is 16.0 Å². The number of hydrogen-bond donors (Lipinski definition) is 17. The first-order valence-corrected chi connectivity index (χ1v) is 20.6. The topological polar surface area (TPSA) is 454 Å². The van der Waals surface area contributed by atoms with Crippen LogP contribution in [-0.2, 0) is 57.0 Å². The maximum atomic E-state index is 12.3. The van der Waals surface area contributed by atoms with Crippen molar-refractivity contribution in [2.24, 2.45) is 0 Å². The third kappa shape index (κ3) is 12.0. The van der Waals surface area contributed by atoms with E-state index >= 15 is 0 Å². The second-order valence-electron chi connectivity index (χ2n) is 16.2. The van der Waals surface area contributed by atoms with Gasteiger partial charge in [-0.3, -0.25) is 14.4 Å². The normalized spacial score (nSPS) is 47.1. The fourth-order valence-electron chi connectivity index (χ4n) is 8.14. The molecule has 5 rings (SSSR count). The van der Waals surface area contributed by atoms with Crippen molar-refractivity contribution >= 4 is 17.7 Å². The van der Waals surface area contributed by atoms with Crippen LogP contribution < -0.4 is 16.0 Å². The van der Waals surface area contributed by atoms with Gasteiger partial charge in [0.2, 0.25) is 17.7 Å². The van der Waals surface area contributed by atoms with Crippen molar-refractivity contribution in [3.63, 3.8) is 0 Å². The van der Waals surface area contributed by atoms with Gasteiger partial charge >= 0.3 is 0 Å². The molecule has 0 saturated carbocycles. The van der Waals surface area contributed by atoms with Crippen molar-refractivity contribution in [1.29, 1.82) is 0 Å². The van der Waals surface area contributed by atoms with Gasteiger partial charge in [-0.2, -0.15) is 0 Å². The Hall–Kier alpha value is -2.51. The molecule has 0 aromatic carbocycles. The number of aliphatic hydroxyl groups is 14. The lowest BCUT2D eigenvalue weighted by Crippen LogP contribution is -2.69. The van der Waals surface area contributed by atoms with Gasteiger partial charge in [-0.05, 0) is 0 Å². The van der Waals surface area contributed by atoms with Crippen LogP contribution in [0.15, 0.2) is 0 Å². The Bertz CT molecular complexity index is 1550. The standard InChI is InChI=1S/C36H61N3O26/c1-9(44)37-17-23(50)20(47)12(4-40)59-34(17)63-30-15(7-43)62-36(28(55)26(30)53)65-31-19(39-11(3)46)32(56)58-16(22(31)49)8-57-33-18(38-10(2)45)24(51)29(14(6-42)61-33)64-35-27(54)25(52)21(48)13(5-41)60-35/h12-36,40-43,47-56H,4-8H2,1-3H3,(H,37,44)(H,38,45)(H,39,46)/t12-,13-,14-,15-,16-,17-,18-,19-,20-,21+,22+,23-,24-,25+,26-,27-,28-,29-,30+,31-,32+,33-,34+,35+,36+/m1/s1. The number of carbonyl (C=O) groups excluding carboxylic acids is 3. The Balaban J connectivity index is 1.31. The van der Waals surface area contributed by atoms with E-state index in [0.29, 0.717) is 0 Å². The molecule has 5 aliphatic heterocycles. The fraction of sp³-hybridized carbons (Fsp3) is 0.917. The van der Waals surface area contributed by atoms with Gasteiger partial charge in [0.1, 0.15) is 122 Å². The molecule has 0 radical (unpaired) electrons. The summed E-state index contributed by atoms with van der Waals surface area (Å²) in [5, 5.41) is 155. The molecule has 17 N–H and O–H groups in total. The van der Waals surface area contributed by atoms with Crippen molar-refractivity contribution in [3.8, 4) is 0 Å². The third-order valence-corrected chi connectivity index (χ3v) is 11.5. The number of hydrogen-bond acceptors (Lipinski definition) is 26. The molecule has 65 heavy (non-hydrogen) atoms. The molecule has 29 heteroatoms. The molecule has 5 fully saturated rings. The van der Waals surface area contributed by atoms with Gasteiger partial charge in [0, 0.05) is 20.8 Å². The van der Waals surface area contributed by atoms with E-state index in [0.717, 1.165) is 20.8 Å². The van der Waals surface area contributed by atoms with Crippen molar-refractivity contribution in [2.75, 3.05) is 33.0 Å². The van der Waals surface area contributed by atoms with Crippen molar-refractivity contribution in [3.05, 3.63) is 0 Å². The summed E-state index contributed by atoms with van der Waals surface area (Å²) in [6.45, 7) is -1.11. The molecule has 376 valence electrons. The van der Waals surface area contributed by atoms with E-state index in [1.165, 1.54) is 0 Å².